The minimum absolute atomic E-state index is 0.126. The Labute approximate surface area is 116 Å². The van der Waals surface area contributed by atoms with Crippen LogP contribution in [0.25, 0.3) is 0 Å². The van der Waals surface area contributed by atoms with Gasteiger partial charge in [-0.2, -0.15) is 0 Å². The summed E-state index contributed by atoms with van der Waals surface area (Å²) in [5.74, 6) is 0.474. The summed E-state index contributed by atoms with van der Waals surface area (Å²) in [5.41, 5.74) is 7.60. The van der Waals surface area contributed by atoms with E-state index in [9.17, 15) is 0 Å². The van der Waals surface area contributed by atoms with Crippen molar-refractivity contribution in [1.82, 2.24) is 4.90 Å². The lowest BCUT2D eigenvalue weighted by molar-refractivity contribution is 0.0361. The molecule has 1 aliphatic rings. The first-order chi connectivity index (χ1) is 9.20. The molecule has 2 rings (SSSR count). The van der Waals surface area contributed by atoms with Crippen LogP contribution < -0.4 is 5.73 Å². The zero-order chi connectivity index (χ0) is 13.7. The average molecular weight is 262 g/mol. The fraction of sp³-hybridized carbons (Fsp3) is 0.625. The van der Waals surface area contributed by atoms with E-state index in [1.54, 1.807) is 0 Å². The first-order valence-electron chi connectivity index (χ1n) is 7.26. The second-order valence-corrected chi connectivity index (χ2v) is 5.65. The molecular weight excluding hydrogens is 236 g/mol. The summed E-state index contributed by atoms with van der Waals surface area (Å²) >= 11 is 0. The quantitative estimate of drug-likeness (QED) is 0.885. The van der Waals surface area contributed by atoms with Crippen molar-refractivity contribution >= 4 is 0 Å². The number of rotatable bonds is 5. The molecule has 106 valence electrons. The molecule has 2 unspecified atom stereocenters. The zero-order valence-electron chi connectivity index (χ0n) is 12.1. The SMILES string of the molecule is COC1CCN(CC(C)C(N)c2ccccc2)CC1. The van der Waals surface area contributed by atoms with Gasteiger partial charge in [0.2, 0.25) is 0 Å². The van der Waals surface area contributed by atoms with E-state index in [4.69, 9.17) is 10.5 Å². The molecule has 3 heteroatoms. The van der Waals surface area contributed by atoms with Gasteiger partial charge in [0, 0.05) is 32.8 Å². The molecule has 1 aliphatic heterocycles. The molecule has 0 saturated carbocycles. The summed E-state index contributed by atoms with van der Waals surface area (Å²) in [5, 5.41) is 0. The summed E-state index contributed by atoms with van der Waals surface area (Å²) in [6.07, 6.45) is 2.74. The number of likely N-dealkylation sites (tertiary alicyclic amines) is 1. The molecule has 0 bridgehead atoms. The maximum Gasteiger partial charge on any atom is 0.0595 e. The van der Waals surface area contributed by atoms with Crippen LogP contribution in [-0.2, 0) is 4.74 Å². The van der Waals surface area contributed by atoms with Crippen molar-refractivity contribution in [2.75, 3.05) is 26.7 Å². The Kier molecular flexibility index (Phi) is 5.37. The van der Waals surface area contributed by atoms with Gasteiger partial charge in [0.25, 0.3) is 0 Å². The van der Waals surface area contributed by atoms with E-state index in [2.05, 4.69) is 36.1 Å². The summed E-state index contributed by atoms with van der Waals surface area (Å²) < 4.78 is 5.41. The van der Waals surface area contributed by atoms with Crippen molar-refractivity contribution in [2.45, 2.75) is 31.9 Å². The van der Waals surface area contributed by atoms with Gasteiger partial charge >= 0.3 is 0 Å². The molecule has 1 saturated heterocycles. The summed E-state index contributed by atoms with van der Waals surface area (Å²) in [7, 11) is 1.81. The summed E-state index contributed by atoms with van der Waals surface area (Å²) in [4.78, 5) is 2.52. The van der Waals surface area contributed by atoms with Gasteiger partial charge in [-0.1, -0.05) is 37.3 Å². The third-order valence-corrected chi connectivity index (χ3v) is 4.21. The molecule has 0 spiro atoms. The Hall–Kier alpha value is -0.900. The standard InChI is InChI=1S/C16H26N2O/c1-13(16(17)14-6-4-3-5-7-14)12-18-10-8-15(19-2)9-11-18/h3-7,13,15-16H,8-12,17H2,1-2H3. The number of methoxy groups -OCH3 is 1. The fourth-order valence-corrected chi connectivity index (χ4v) is 2.85. The number of piperidine rings is 1. The highest BCUT2D eigenvalue weighted by molar-refractivity contribution is 5.19. The van der Waals surface area contributed by atoms with Gasteiger partial charge in [0.1, 0.15) is 0 Å². The van der Waals surface area contributed by atoms with E-state index < -0.39 is 0 Å². The van der Waals surface area contributed by atoms with Crippen molar-refractivity contribution in [1.29, 1.82) is 0 Å². The van der Waals surface area contributed by atoms with Crippen molar-refractivity contribution in [3.8, 4) is 0 Å². The van der Waals surface area contributed by atoms with Crippen LogP contribution in [0.4, 0.5) is 0 Å². The number of nitrogens with two attached hydrogens (primary N) is 1. The molecule has 0 amide bonds. The second kappa shape index (κ2) is 7.04. The van der Waals surface area contributed by atoms with Gasteiger partial charge in [-0.25, -0.2) is 0 Å². The Morgan fingerprint density at radius 1 is 1.26 bits per heavy atom. The highest BCUT2D eigenvalue weighted by Crippen LogP contribution is 2.22. The van der Waals surface area contributed by atoms with Crippen LogP contribution in [0.15, 0.2) is 30.3 Å². The monoisotopic (exact) mass is 262 g/mol. The molecule has 1 aromatic rings. The van der Waals surface area contributed by atoms with Gasteiger partial charge in [0.15, 0.2) is 0 Å². The third-order valence-electron chi connectivity index (χ3n) is 4.21. The van der Waals surface area contributed by atoms with E-state index in [0.717, 1.165) is 32.5 Å². The molecule has 3 nitrogen and oxygen atoms in total. The predicted octanol–water partition coefficient (Wildman–Crippen LogP) is 2.43. The van der Waals surface area contributed by atoms with Gasteiger partial charge in [0.05, 0.1) is 6.10 Å². The van der Waals surface area contributed by atoms with Gasteiger partial charge in [-0.05, 0) is 24.3 Å². The van der Waals surface area contributed by atoms with Crippen LogP contribution in [0.2, 0.25) is 0 Å². The lowest BCUT2D eigenvalue weighted by Crippen LogP contribution is -2.40. The Morgan fingerprint density at radius 3 is 2.47 bits per heavy atom. The van der Waals surface area contributed by atoms with Crippen LogP contribution >= 0.6 is 0 Å². The highest BCUT2D eigenvalue weighted by Gasteiger charge is 2.22. The first kappa shape index (κ1) is 14.5. The lowest BCUT2D eigenvalue weighted by Gasteiger charge is -2.34. The highest BCUT2D eigenvalue weighted by atomic mass is 16.5. The maximum absolute atomic E-state index is 6.36. The largest absolute Gasteiger partial charge is 0.381 e. The van der Waals surface area contributed by atoms with Crippen LogP contribution in [0.1, 0.15) is 31.4 Å². The summed E-state index contributed by atoms with van der Waals surface area (Å²) in [6.45, 7) is 5.58. The second-order valence-electron chi connectivity index (χ2n) is 5.65. The smallest absolute Gasteiger partial charge is 0.0595 e. The number of benzene rings is 1. The minimum atomic E-state index is 0.126. The van der Waals surface area contributed by atoms with Crippen molar-refractivity contribution in [3.05, 3.63) is 35.9 Å². The molecule has 1 heterocycles. The fourth-order valence-electron chi connectivity index (χ4n) is 2.85. The molecule has 1 aromatic carbocycles. The van der Waals surface area contributed by atoms with Gasteiger partial charge in [-0.3, -0.25) is 0 Å². The van der Waals surface area contributed by atoms with Crippen molar-refractivity contribution in [3.63, 3.8) is 0 Å². The normalized spacial score (nSPS) is 21.2. The number of nitrogens with zero attached hydrogens (tertiary/aromatic N) is 1. The molecule has 2 atom stereocenters. The van der Waals surface area contributed by atoms with Crippen LogP contribution in [0, 0.1) is 5.92 Å². The van der Waals surface area contributed by atoms with Crippen LogP contribution in [0.5, 0.6) is 0 Å². The number of ether oxygens (including phenoxy) is 1. The minimum Gasteiger partial charge on any atom is -0.381 e. The molecule has 1 fully saturated rings. The van der Waals surface area contributed by atoms with Crippen molar-refractivity contribution < 1.29 is 4.74 Å². The van der Waals surface area contributed by atoms with Crippen LogP contribution in [-0.4, -0.2) is 37.7 Å². The molecule has 19 heavy (non-hydrogen) atoms. The third kappa shape index (κ3) is 4.03. The Morgan fingerprint density at radius 2 is 1.89 bits per heavy atom. The van der Waals surface area contributed by atoms with Crippen molar-refractivity contribution in [2.24, 2.45) is 11.7 Å². The Balaban J connectivity index is 1.83. The number of hydrogen-bond acceptors (Lipinski definition) is 3. The average Bonchev–Trinajstić information content (AvgIpc) is 2.48. The molecule has 0 radical (unpaired) electrons. The van der Waals surface area contributed by atoms with Gasteiger partial charge in [-0.15, -0.1) is 0 Å². The van der Waals surface area contributed by atoms with Gasteiger partial charge < -0.3 is 15.4 Å². The van der Waals surface area contributed by atoms with E-state index in [1.807, 2.05) is 13.2 Å². The number of hydrogen-bond donors (Lipinski definition) is 1. The Bertz CT molecular complexity index is 360. The predicted molar refractivity (Wildman–Crippen MR) is 79.0 cm³/mol. The molecular formula is C16H26N2O. The maximum atomic E-state index is 6.36. The molecule has 0 aromatic heterocycles. The zero-order valence-corrected chi connectivity index (χ0v) is 12.1. The van der Waals surface area contributed by atoms with E-state index >= 15 is 0 Å². The van der Waals surface area contributed by atoms with E-state index in [0.29, 0.717) is 12.0 Å². The van der Waals surface area contributed by atoms with E-state index in [1.165, 1.54) is 5.56 Å². The molecule has 0 aliphatic carbocycles. The summed E-state index contributed by atoms with van der Waals surface area (Å²) in [6, 6.07) is 10.5. The topological polar surface area (TPSA) is 38.5 Å². The van der Waals surface area contributed by atoms with E-state index in [-0.39, 0.29) is 6.04 Å². The lowest BCUT2D eigenvalue weighted by atomic mass is 9.94. The van der Waals surface area contributed by atoms with Crippen LogP contribution in [0.3, 0.4) is 0 Å². The molecule has 2 N–H and O–H groups in total. The first-order valence-corrected chi connectivity index (χ1v) is 7.26.